The van der Waals surface area contributed by atoms with Gasteiger partial charge in [-0.1, -0.05) is 0 Å². The molecule has 2 aromatic heterocycles. The van der Waals surface area contributed by atoms with Gasteiger partial charge in [0, 0.05) is 23.2 Å². The van der Waals surface area contributed by atoms with Crippen LogP contribution in [0.1, 0.15) is 34.5 Å². The lowest BCUT2D eigenvalue weighted by atomic mass is 10.0. The predicted octanol–water partition coefficient (Wildman–Crippen LogP) is 3.78. The van der Waals surface area contributed by atoms with Crippen LogP contribution in [0.3, 0.4) is 0 Å². The van der Waals surface area contributed by atoms with Gasteiger partial charge >= 0.3 is 6.18 Å². The molecule has 0 radical (unpaired) electrons. The van der Waals surface area contributed by atoms with Crippen molar-refractivity contribution in [1.29, 1.82) is 0 Å². The molecular weight excluding hydrogens is 333 g/mol. The van der Waals surface area contributed by atoms with E-state index in [4.69, 9.17) is 0 Å². The molecule has 1 saturated carbocycles. The molecule has 8 heteroatoms. The molecule has 1 fully saturated rings. The fourth-order valence-corrected chi connectivity index (χ4v) is 2.86. The van der Waals surface area contributed by atoms with Crippen LogP contribution in [-0.4, -0.2) is 27.1 Å². The van der Waals surface area contributed by atoms with Crippen molar-refractivity contribution in [3.05, 3.63) is 41.2 Å². The first-order chi connectivity index (χ1) is 11.8. The van der Waals surface area contributed by atoms with Gasteiger partial charge in [-0.25, -0.2) is 0 Å². The summed E-state index contributed by atoms with van der Waals surface area (Å²) in [5.74, 6) is -0.176. The number of halogens is 3. The zero-order valence-corrected chi connectivity index (χ0v) is 13.3. The van der Waals surface area contributed by atoms with E-state index in [-0.39, 0.29) is 11.9 Å². The van der Waals surface area contributed by atoms with Crippen molar-refractivity contribution in [3.63, 3.8) is 0 Å². The van der Waals surface area contributed by atoms with E-state index in [1.54, 1.807) is 13.1 Å². The lowest BCUT2D eigenvalue weighted by molar-refractivity contribution is -0.137. The van der Waals surface area contributed by atoms with E-state index in [2.05, 4.69) is 20.5 Å². The Labute approximate surface area is 140 Å². The van der Waals surface area contributed by atoms with Gasteiger partial charge in [-0.05, 0) is 43.5 Å². The molecule has 4 rings (SSSR count). The second kappa shape index (κ2) is 5.37. The van der Waals surface area contributed by atoms with Gasteiger partial charge in [0.15, 0.2) is 0 Å². The molecule has 25 heavy (non-hydrogen) atoms. The standard InChI is InChI=1S/C17H15F3N4O/c1-8-12(7-21-14(8)16(25)22-10-3-4-10)15-11-5-2-9(17(18,19)20)6-13(11)23-24-15/h2,5-7,10,21H,3-4H2,1H3,(H,22,25)(H,23,24). The first kappa shape index (κ1) is 15.7. The monoisotopic (exact) mass is 348 g/mol. The Morgan fingerprint density at radius 3 is 2.76 bits per heavy atom. The molecule has 3 N–H and O–H groups in total. The second-order valence-corrected chi connectivity index (χ2v) is 6.28. The van der Waals surface area contributed by atoms with Crippen molar-refractivity contribution in [3.8, 4) is 11.3 Å². The van der Waals surface area contributed by atoms with Crippen LogP contribution >= 0.6 is 0 Å². The van der Waals surface area contributed by atoms with E-state index < -0.39 is 11.7 Å². The van der Waals surface area contributed by atoms with Crippen molar-refractivity contribution in [2.24, 2.45) is 0 Å². The first-order valence-corrected chi connectivity index (χ1v) is 7.89. The van der Waals surface area contributed by atoms with Gasteiger partial charge in [0.1, 0.15) is 11.4 Å². The van der Waals surface area contributed by atoms with Crippen molar-refractivity contribution < 1.29 is 18.0 Å². The number of aromatic nitrogens is 3. The number of nitrogens with zero attached hydrogens (tertiary/aromatic N) is 1. The number of nitrogens with one attached hydrogen (secondary N) is 3. The highest BCUT2D eigenvalue weighted by molar-refractivity contribution is 5.99. The highest BCUT2D eigenvalue weighted by atomic mass is 19.4. The number of carbonyl (C=O) groups excluding carboxylic acids is 1. The molecule has 5 nitrogen and oxygen atoms in total. The van der Waals surface area contributed by atoms with Crippen LogP contribution < -0.4 is 5.32 Å². The van der Waals surface area contributed by atoms with Gasteiger partial charge in [-0.2, -0.15) is 18.3 Å². The van der Waals surface area contributed by atoms with Crippen LogP contribution in [0.4, 0.5) is 13.2 Å². The lowest BCUT2D eigenvalue weighted by Crippen LogP contribution is -2.26. The Hall–Kier alpha value is -2.77. The number of fused-ring (bicyclic) bond motifs is 1. The second-order valence-electron chi connectivity index (χ2n) is 6.28. The molecule has 0 aliphatic heterocycles. The molecule has 1 amide bonds. The highest BCUT2D eigenvalue weighted by Crippen LogP contribution is 2.35. The van der Waals surface area contributed by atoms with Gasteiger partial charge in [-0.3, -0.25) is 9.89 Å². The van der Waals surface area contributed by atoms with Gasteiger partial charge < -0.3 is 10.3 Å². The minimum absolute atomic E-state index is 0.176. The summed E-state index contributed by atoms with van der Waals surface area (Å²) in [6.07, 6.45) is -0.768. The molecule has 1 aliphatic rings. The SMILES string of the molecule is Cc1c(-c2n[nH]c3cc(C(F)(F)F)ccc23)c[nH]c1C(=O)NC1CC1. The van der Waals surface area contributed by atoms with Crippen molar-refractivity contribution in [2.45, 2.75) is 32.0 Å². The molecular formula is C17H15F3N4O. The average Bonchev–Trinajstić information content (AvgIpc) is 3.13. The van der Waals surface area contributed by atoms with E-state index in [1.165, 1.54) is 6.07 Å². The maximum absolute atomic E-state index is 12.8. The normalized spacial score (nSPS) is 14.9. The molecule has 3 aromatic rings. The van der Waals surface area contributed by atoms with Crippen LogP contribution in [0, 0.1) is 6.92 Å². The molecule has 0 bridgehead atoms. The molecule has 1 aromatic carbocycles. The summed E-state index contributed by atoms with van der Waals surface area (Å²) in [4.78, 5) is 15.2. The minimum Gasteiger partial charge on any atom is -0.356 e. The zero-order valence-electron chi connectivity index (χ0n) is 13.3. The number of hydrogen-bond donors (Lipinski definition) is 3. The lowest BCUT2D eigenvalue weighted by Gasteiger charge is -2.06. The van der Waals surface area contributed by atoms with Crippen molar-refractivity contribution in [2.75, 3.05) is 0 Å². The van der Waals surface area contributed by atoms with Crippen molar-refractivity contribution in [1.82, 2.24) is 20.5 Å². The van der Waals surface area contributed by atoms with E-state index in [0.29, 0.717) is 33.4 Å². The van der Waals surface area contributed by atoms with E-state index in [9.17, 15) is 18.0 Å². The summed E-state index contributed by atoms with van der Waals surface area (Å²) in [5.41, 5.74) is 1.94. The molecule has 0 atom stereocenters. The smallest absolute Gasteiger partial charge is 0.356 e. The van der Waals surface area contributed by atoms with Crippen LogP contribution in [0.15, 0.2) is 24.4 Å². The number of hydrogen-bond acceptors (Lipinski definition) is 2. The first-order valence-electron chi connectivity index (χ1n) is 7.89. The molecule has 0 spiro atoms. The van der Waals surface area contributed by atoms with Gasteiger partial charge in [0.05, 0.1) is 11.1 Å². The summed E-state index contributed by atoms with van der Waals surface area (Å²) in [6, 6.07) is 3.71. The Morgan fingerprint density at radius 1 is 1.32 bits per heavy atom. The molecule has 0 saturated heterocycles. The average molecular weight is 348 g/mol. The Balaban J connectivity index is 1.72. The summed E-state index contributed by atoms with van der Waals surface area (Å²) >= 11 is 0. The van der Waals surface area contributed by atoms with E-state index in [0.717, 1.165) is 25.0 Å². The zero-order chi connectivity index (χ0) is 17.8. The quantitative estimate of drug-likeness (QED) is 0.674. The Kier molecular flexibility index (Phi) is 3.38. The third-order valence-corrected chi connectivity index (χ3v) is 4.42. The molecule has 0 unspecified atom stereocenters. The van der Waals surface area contributed by atoms with Crippen LogP contribution in [0.2, 0.25) is 0 Å². The van der Waals surface area contributed by atoms with Gasteiger partial charge in [-0.15, -0.1) is 0 Å². The third kappa shape index (κ3) is 2.77. The maximum Gasteiger partial charge on any atom is 0.416 e. The largest absolute Gasteiger partial charge is 0.416 e. The number of aromatic amines is 2. The summed E-state index contributed by atoms with van der Waals surface area (Å²) in [5, 5.41) is 10.3. The fourth-order valence-electron chi connectivity index (χ4n) is 2.86. The topological polar surface area (TPSA) is 73.6 Å². The number of rotatable bonds is 3. The van der Waals surface area contributed by atoms with Crippen LogP contribution in [0.5, 0.6) is 0 Å². The number of carbonyl (C=O) groups is 1. The molecule has 130 valence electrons. The number of alkyl halides is 3. The van der Waals surface area contributed by atoms with E-state index >= 15 is 0 Å². The number of amides is 1. The number of H-pyrrole nitrogens is 2. The number of benzene rings is 1. The fraction of sp³-hybridized carbons (Fsp3) is 0.294. The summed E-state index contributed by atoms with van der Waals surface area (Å²) in [6.45, 7) is 1.79. The maximum atomic E-state index is 12.8. The highest BCUT2D eigenvalue weighted by Gasteiger charge is 2.31. The minimum atomic E-state index is -4.41. The third-order valence-electron chi connectivity index (χ3n) is 4.42. The van der Waals surface area contributed by atoms with E-state index in [1.807, 2.05) is 0 Å². The summed E-state index contributed by atoms with van der Waals surface area (Å²) < 4.78 is 38.5. The Bertz CT molecular complexity index is 966. The summed E-state index contributed by atoms with van der Waals surface area (Å²) in [7, 11) is 0. The van der Waals surface area contributed by atoms with Gasteiger partial charge in [0.2, 0.25) is 0 Å². The molecule has 1 aliphatic carbocycles. The van der Waals surface area contributed by atoms with Crippen LogP contribution in [-0.2, 0) is 6.18 Å². The van der Waals surface area contributed by atoms with Gasteiger partial charge in [0.25, 0.3) is 5.91 Å². The predicted molar refractivity (Wildman–Crippen MR) is 86.1 cm³/mol. The van der Waals surface area contributed by atoms with Crippen molar-refractivity contribution >= 4 is 16.8 Å². The molecule has 2 heterocycles. The Morgan fingerprint density at radius 2 is 2.08 bits per heavy atom. The van der Waals surface area contributed by atoms with Crippen LogP contribution in [0.25, 0.3) is 22.2 Å².